The topological polar surface area (TPSA) is 58.9 Å². The van der Waals surface area contributed by atoms with Crippen molar-refractivity contribution in [3.63, 3.8) is 0 Å². The molecule has 1 saturated carbocycles. The summed E-state index contributed by atoms with van der Waals surface area (Å²) in [6, 6.07) is 0. The summed E-state index contributed by atoms with van der Waals surface area (Å²) >= 11 is 0. The highest BCUT2D eigenvalue weighted by molar-refractivity contribution is 5.95. The van der Waals surface area contributed by atoms with Crippen molar-refractivity contribution in [3.05, 3.63) is 17.5 Å². The van der Waals surface area contributed by atoms with Crippen LogP contribution in [0.5, 0.6) is 0 Å². The molecule has 1 aromatic heterocycles. The molecule has 1 heterocycles. The van der Waals surface area contributed by atoms with Crippen LogP contribution in [-0.4, -0.2) is 35.3 Å². The Kier molecular flexibility index (Phi) is 8.49. The fraction of sp³-hybridized carbons (Fsp3) is 0.750. The van der Waals surface area contributed by atoms with Gasteiger partial charge in [0.2, 0.25) is 0 Å². The van der Waals surface area contributed by atoms with E-state index in [0.717, 1.165) is 43.6 Å². The highest BCUT2D eigenvalue weighted by Gasteiger charge is 2.24. The van der Waals surface area contributed by atoms with Gasteiger partial charge in [0.25, 0.3) is 5.91 Å². The molecule has 1 fully saturated rings. The van der Waals surface area contributed by atoms with Crippen LogP contribution in [0.3, 0.4) is 0 Å². The van der Waals surface area contributed by atoms with Crippen molar-refractivity contribution in [2.45, 2.75) is 51.4 Å². The third-order valence-electron chi connectivity index (χ3n) is 4.11. The normalized spacial score (nSPS) is 15.4. The molecule has 0 radical (unpaired) electrons. The third kappa shape index (κ3) is 5.29. The van der Waals surface area contributed by atoms with E-state index < -0.39 is 0 Å². The number of nitrogens with one attached hydrogen (secondary N) is 2. The maximum absolute atomic E-state index is 12.4. The summed E-state index contributed by atoms with van der Waals surface area (Å²) in [5.41, 5.74) is 1.76. The van der Waals surface area contributed by atoms with E-state index in [1.165, 1.54) is 19.3 Å². The predicted octanol–water partition coefficient (Wildman–Crippen LogP) is 2.62. The van der Waals surface area contributed by atoms with E-state index in [1.807, 2.05) is 13.2 Å². The number of halogens is 1. The number of nitrogens with zero attached hydrogens (tertiary/aromatic N) is 2. The smallest absolute Gasteiger partial charge is 0.254 e. The molecule has 1 aliphatic rings. The van der Waals surface area contributed by atoms with E-state index in [9.17, 15) is 4.79 Å². The first-order chi connectivity index (χ1) is 10.2. The maximum Gasteiger partial charge on any atom is 0.254 e. The molecule has 0 spiro atoms. The minimum atomic E-state index is 0. The number of amides is 1. The van der Waals surface area contributed by atoms with E-state index in [4.69, 9.17) is 0 Å². The molecule has 1 amide bonds. The Hall–Kier alpha value is -1.07. The maximum atomic E-state index is 12.4. The van der Waals surface area contributed by atoms with Gasteiger partial charge in [-0.25, -0.2) is 0 Å². The largest absolute Gasteiger partial charge is 0.351 e. The van der Waals surface area contributed by atoms with E-state index in [1.54, 1.807) is 4.68 Å². The predicted molar refractivity (Wildman–Crippen MR) is 91.8 cm³/mol. The highest BCUT2D eigenvalue weighted by atomic mass is 35.5. The average Bonchev–Trinajstić information content (AvgIpc) is 2.90. The Labute approximate surface area is 139 Å². The number of carbonyl (C=O) groups is 1. The molecule has 1 aliphatic carbocycles. The summed E-state index contributed by atoms with van der Waals surface area (Å²) < 4.78 is 1.77. The van der Waals surface area contributed by atoms with E-state index >= 15 is 0 Å². The van der Waals surface area contributed by atoms with E-state index in [0.29, 0.717) is 12.5 Å². The van der Waals surface area contributed by atoms with Crippen LogP contribution >= 0.6 is 12.4 Å². The van der Waals surface area contributed by atoms with E-state index in [-0.39, 0.29) is 18.3 Å². The molecule has 22 heavy (non-hydrogen) atoms. The third-order valence-corrected chi connectivity index (χ3v) is 4.11. The van der Waals surface area contributed by atoms with Gasteiger partial charge in [-0.1, -0.05) is 26.2 Å². The Morgan fingerprint density at radius 3 is 2.68 bits per heavy atom. The summed E-state index contributed by atoms with van der Waals surface area (Å²) in [6.45, 7) is 4.62. The molecule has 126 valence electrons. The second-order valence-electron chi connectivity index (χ2n) is 5.94. The first-order valence-electron chi connectivity index (χ1n) is 8.24. The molecular formula is C16H29ClN4O. The Morgan fingerprint density at radius 2 is 2.00 bits per heavy atom. The molecule has 1 aromatic rings. The Morgan fingerprint density at radius 1 is 1.27 bits per heavy atom. The Balaban J connectivity index is 0.00000242. The van der Waals surface area contributed by atoms with Crippen LogP contribution in [0, 0.1) is 0 Å². The lowest BCUT2D eigenvalue weighted by Crippen LogP contribution is -2.32. The molecule has 5 nitrogen and oxygen atoms in total. The zero-order valence-corrected chi connectivity index (χ0v) is 14.5. The summed E-state index contributed by atoms with van der Waals surface area (Å²) in [6.07, 6.45) is 9.12. The SMILES string of the molecule is CCCNCCNC(=O)c1cn(C)nc1C1CCCCC1.Cl. The molecule has 0 aromatic carbocycles. The zero-order chi connectivity index (χ0) is 15.1. The van der Waals surface area contributed by atoms with E-state index in [2.05, 4.69) is 22.7 Å². The van der Waals surface area contributed by atoms with Crippen molar-refractivity contribution < 1.29 is 4.79 Å². The van der Waals surface area contributed by atoms with Gasteiger partial charge in [0.1, 0.15) is 0 Å². The van der Waals surface area contributed by atoms with Gasteiger partial charge in [0, 0.05) is 32.3 Å². The standard InChI is InChI=1S/C16H28N4O.ClH/c1-3-9-17-10-11-18-16(21)14-12-20(2)19-15(14)13-7-5-4-6-8-13;/h12-13,17H,3-11H2,1-2H3,(H,18,21);1H. The minimum absolute atomic E-state index is 0. The Bertz CT molecular complexity index is 455. The lowest BCUT2D eigenvalue weighted by Gasteiger charge is -2.20. The number of hydrogen-bond acceptors (Lipinski definition) is 3. The molecule has 0 atom stereocenters. The average molecular weight is 329 g/mol. The quantitative estimate of drug-likeness (QED) is 0.756. The molecule has 6 heteroatoms. The van der Waals surface area contributed by atoms with Gasteiger partial charge in [0.15, 0.2) is 0 Å². The van der Waals surface area contributed by atoms with Crippen LogP contribution in [0.4, 0.5) is 0 Å². The molecule has 0 unspecified atom stereocenters. The minimum Gasteiger partial charge on any atom is -0.351 e. The van der Waals surface area contributed by atoms with Crippen LogP contribution in [0.25, 0.3) is 0 Å². The van der Waals surface area contributed by atoms with Gasteiger partial charge < -0.3 is 10.6 Å². The monoisotopic (exact) mass is 328 g/mol. The van der Waals surface area contributed by atoms with Gasteiger partial charge >= 0.3 is 0 Å². The lowest BCUT2D eigenvalue weighted by molar-refractivity contribution is 0.0952. The van der Waals surface area contributed by atoms with Gasteiger partial charge in [-0.2, -0.15) is 5.10 Å². The van der Waals surface area contributed by atoms with Gasteiger partial charge in [-0.15, -0.1) is 12.4 Å². The zero-order valence-electron chi connectivity index (χ0n) is 13.7. The summed E-state index contributed by atoms with van der Waals surface area (Å²) in [5.74, 6) is 0.473. The number of carbonyl (C=O) groups excluding carboxylic acids is 1. The summed E-state index contributed by atoms with van der Waals surface area (Å²) in [7, 11) is 1.89. The second kappa shape index (κ2) is 9.85. The van der Waals surface area contributed by atoms with Crippen molar-refractivity contribution in [2.24, 2.45) is 7.05 Å². The molecule has 0 saturated heterocycles. The number of aryl methyl sites for hydroxylation is 1. The van der Waals surface area contributed by atoms with Gasteiger partial charge in [-0.05, 0) is 25.8 Å². The molecule has 2 N–H and O–H groups in total. The summed E-state index contributed by atoms with van der Waals surface area (Å²) in [5, 5.41) is 10.8. The van der Waals surface area contributed by atoms with Crippen LogP contribution in [-0.2, 0) is 7.05 Å². The fourth-order valence-corrected chi connectivity index (χ4v) is 3.02. The number of hydrogen-bond donors (Lipinski definition) is 2. The first-order valence-corrected chi connectivity index (χ1v) is 8.24. The fourth-order valence-electron chi connectivity index (χ4n) is 3.02. The van der Waals surface area contributed by atoms with Crippen molar-refractivity contribution in [2.75, 3.05) is 19.6 Å². The van der Waals surface area contributed by atoms with Crippen LogP contribution in [0.15, 0.2) is 6.20 Å². The molecule has 0 bridgehead atoms. The van der Waals surface area contributed by atoms with Gasteiger partial charge in [-0.3, -0.25) is 9.48 Å². The first kappa shape index (κ1) is 19.0. The van der Waals surface area contributed by atoms with Crippen LogP contribution in [0.1, 0.15) is 67.4 Å². The van der Waals surface area contributed by atoms with Crippen molar-refractivity contribution in [1.29, 1.82) is 0 Å². The van der Waals surface area contributed by atoms with Crippen LogP contribution in [0.2, 0.25) is 0 Å². The van der Waals surface area contributed by atoms with Crippen LogP contribution < -0.4 is 10.6 Å². The molecular weight excluding hydrogens is 300 g/mol. The highest BCUT2D eigenvalue weighted by Crippen LogP contribution is 2.33. The lowest BCUT2D eigenvalue weighted by atomic mass is 9.85. The van der Waals surface area contributed by atoms with Crippen molar-refractivity contribution in [1.82, 2.24) is 20.4 Å². The molecule has 0 aliphatic heterocycles. The summed E-state index contributed by atoms with van der Waals surface area (Å²) in [4.78, 5) is 12.4. The second-order valence-corrected chi connectivity index (χ2v) is 5.94. The number of rotatable bonds is 7. The number of aromatic nitrogens is 2. The van der Waals surface area contributed by atoms with Crippen molar-refractivity contribution >= 4 is 18.3 Å². The van der Waals surface area contributed by atoms with Crippen molar-refractivity contribution in [3.8, 4) is 0 Å². The molecule has 2 rings (SSSR count). The van der Waals surface area contributed by atoms with Gasteiger partial charge in [0.05, 0.1) is 11.3 Å².